The number of sulfone groups is 1. The van der Waals surface area contributed by atoms with Crippen LogP contribution in [-0.4, -0.2) is 85.3 Å². The molecule has 3 N–H and O–H groups in total. The molecule has 0 aromatic heterocycles. The summed E-state index contributed by atoms with van der Waals surface area (Å²) < 4.78 is 58.9. The van der Waals surface area contributed by atoms with Crippen LogP contribution >= 0.6 is 0 Å². The van der Waals surface area contributed by atoms with Gasteiger partial charge in [-0.1, -0.05) is 35.4 Å². The van der Waals surface area contributed by atoms with E-state index in [4.69, 9.17) is 22.6 Å². The molecule has 0 spiro atoms. The molecular formula is C25H41O9S2SnY2. The fourth-order valence-corrected chi connectivity index (χ4v) is 4.50. The standard InChI is InChI=1S/C12H18O4S.C8H10O2S.C5H12O2.O.Sn.2Y.H/c1-9-4-6-12(7-5-9)17(14,15)16-11(3)8-10(2)13;1-7-3-5-8(6-4-7)11(2,9)10;1-4(6)3-5(2)7;;;;;/h4-7,10-11,13H,8H2,1-3H3;3-6H,1-2H3;4-7H,3H2,1-2H3;;;;;/t10?,11-;;4-,5?;;;;;/m1.1...../s1. The van der Waals surface area contributed by atoms with E-state index in [0.717, 1.165) is 11.1 Å². The summed E-state index contributed by atoms with van der Waals surface area (Å²) in [5, 5.41) is 26.3. The number of hydrogen-bond acceptors (Lipinski definition) is 9. The van der Waals surface area contributed by atoms with Crippen molar-refractivity contribution in [1.29, 1.82) is 0 Å². The molecule has 3 radical (unpaired) electrons. The molecular weight excluding hydrogens is 805 g/mol. The Kier molecular flexibility index (Phi) is 29.4. The van der Waals surface area contributed by atoms with Crippen molar-refractivity contribution in [2.75, 3.05) is 6.26 Å². The van der Waals surface area contributed by atoms with Crippen molar-refractivity contribution in [1.82, 2.24) is 0 Å². The van der Waals surface area contributed by atoms with E-state index in [1.165, 1.54) is 18.4 Å². The fraction of sp³-hybridized carbons (Fsp3) is 0.520. The first-order valence-corrected chi connectivity index (χ1v) is 16.1. The Hall–Kier alpha value is 0.986. The van der Waals surface area contributed by atoms with Gasteiger partial charge in [-0.25, -0.2) is 8.42 Å². The van der Waals surface area contributed by atoms with Crippen LogP contribution in [-0.2, 0) is 92.6 Å². The first kappa shape index (κ1) is 46.9. The maximum absolute atomic E-state index is 11.8. The third-order valence-electron chi connectivity index (χ3n) is 4.41. The Bertz CT molecular complexity index is 1090. The van der Waals surface area contributed by atoms with Crippen molar-refractivity contribution in [3.8, 4) is 0 Å². The zero-order chi connectivity index (χ0) is 29.4. The summed E-state index contributed by atoms with van der Waals surface area (Å²) in [4.78, 5) is 0.517. The van der Waals surface area contributed by atoms with E-state index in [9.17, 15) is 16.8 Å². The summed E-state index contributed by atoms with van der Waals surface area (Å²) in [6.07, 6.45) is 0.0856. The van der Waals surface area contributed by atoms with Crippen molar-refractivity contribution in [3.63, 3.8) is 0 Å². The van der Waals surface area contributed by atoms with Gasteiger partial charge in [0, 0.05) is 78.1 Å². The van der Waals surface area contributed by atoms with Gasteiger partial charge >= 0.3 is 25.6 Å². The van der Waals surface area contributed by atoms with Crippen LogP contribution in [0, 0.1) is 13.8 Å². The van der Waals surface area contributed by atoms with Crippen LogP contribution in [0.25, 0.3) is 0 Å². The Morgan fingerprint density at radius 2 is 0.974 bits per heavy atom. The molecule has 2 aromatic rings. The zero-order valence-corrected chi connectivity index (χ0v) is 34.3. The molecule has 2 rings (SSSR count). The fourth-order valence-electron chi connectivity index (χ4n) is 2.78. The molecule has 0 bridgehead atoms. The van der Waals surface area contributed by atoms with Crippen LogP contribution in [0.5, 0.6) is 0 Å². The van der Waals surface area contributed by atoms with Gasteiger partial charge in [-0.3, -0.25) is 4.18 Å². The van der Waals surface area contributed by atoms with Crippen molar-refractivity contribution in [2.24, 2.45) is 0 Å². The number of hydrogen-bond donors (Lipinski definition) is 3. The molecule has 0 heterocycles. The average molecular weight is 846 g/mol. The van der Waals surface area contributed by atoms with E-state index in [2.05, 4.69) is 0 Å². The molecule has 14 heteroatoms. The number of rotatable bonds is 8. The van der Waals surface area contributed by atoms with E-state index in [-0.39, 0.29) is 111 Å². The summed E-state index contributed by atoms with van der Waals surface area (Å²) in [6, 6.07) is 13.3. The molecule has 0 aliphatic carbocycles. The van der Waals surface area contributed by atoms with Crippen LogP contribution in [0.4, 0.5) is 0 Å². The van der Waals surface area contributed by atoms with Crippen LogP contribution < -0.4 is 0 Å². The third kappa shape index (κ3) is 25.2. The smallest absolute Gasteiger partial charge is 0 e. The minimum absolute atomic E-state index is 0. The Balaban J connectivity index is -0.000000242. The van der Waals surface area contributed by atoms with Crippen LogP contribution in [0.3, 0.4) is 0 Å². The second-order valence-corrected chi connectivity index (χ2v) is 12.4. The summed E-state index contributed by atoms with van der Waals surface area (Å²) in [5.41, 5.74) is 2.05. The predicted octanol–water partition coefficient (Wildman–Crippen LogP) is 2.62. The molecule has 0 aliphatic heterocycles. The topological polar surface area (TPSA) is 155 Å². The van der Waals surface area contributed by atoms with E-state index >= 15 is 0 Å². The number of aliphatic hydroxyl groups excluding tert-OH is 3. The maximum atomic E-state index is 11.8. The maximum Gasteiger partial charge on any atom is 0 e. The Morgan fingerprint density at radius 1 is 0.667 bits per heavy atom. The summed E-state index contributed by atoms with van der Waals surface area (Å²) in [5.74, 6) is 0. The second kappa shape index (κ2) is 24.4. The van der Waals surface area contributed by atoms with Gasteiger partial charge in [-0.2, -0.15) is 8.42 Å². The third-order valence-corrected chi connectivity index (χ3v) is 6.96. The molecule has 4 atom stereocenters. The normalized spacial score (nSPS) is 13.5. The molecule has 0 amide bonds. The first-order chi connectivity index (χ1) is 16.9. The molecule has 0 saturated carbocycles. The summed E-state index contributed by atoms with van der Waals surface area (Å²) in [6.45, 7) is 10.3. The van der Waals surface area contributed by atoms with Crippen molar-refractivity contribution < 1.29 is 105 Å². The first-order valence-electron chi connectivity index (χ1n) is 11.5. The van der Waals surface area contributed by atoms with Gasteiger partial charge in [0.05, 0.1) is 34.2 Å². The molecule has 2 unspecified atom stereocenters. The van der Waals surface area contributed by atoms with Crippen LogP contribution in [0.15, 0.2) is 58.3 Å². The van der Waals surface area contributed by atoms with Crippen molar-refractivity contribution in [3.05, 3.63) is 59.7 Å². The second-order valence-electron chi connectivity index (χ2n) is 8.78. The molecule has 0 saturated heterocycles. The summed E-state index contributed by atoms with van der Waals surface area (Å²) in [7, 11) is -6.75. The van der Waals surface area contributed by atoms with E-state index in [1.807, 2.05) is 13.8 Å². The van der Waals surface area contributed by atoms with E-state index in [0.29, 0.717) is 11.3 Å². The van der Waals surface area contributed by atoms with Gasteiger partial charge in [-0.15, -0.1) is 0 Å². The SMILES string of the molecule is CC(O)C[C@@H](C)O.Cc1ccc(S(=O)(=O)O[C@H](C)CC(C)O)cc1.Cc1ccc(S(C)(=O)=O)cc1.[O]=[SnH].[Y].[Y]. The van der Waals surface area contributed by atoms with Crippen LogP contribution in [0.1, 0.15) is 51.7 Å². The van der Waals surface area contributed by atoms with E-state index in [1.54, 1.807) is 64.1 Å². The largest absolute Gasteiger partial charge is 0 e. The quantitative estimate of drug-likeness (QED) is 0.269. The van der Waals surface area contributed by atoms with Gasteiger partial charge in [0.2, 0.25) is 0 Å². The van der Waals surface area contributed by atoms with Gasteiger partial charge in [0.25, 0.3) is 10.1 Å². The van der Waals surface area contributed by atoms with Crippen molar-refractivity contribution >= 4 is 42.5 Å². The summed E-state index contributed by atoms with van der Waals surface area (Å²) >= 11 is 0.100. The predicted molar refractivity (Wildman–Crippen MR) is 145 cm³/mol. The molecule has 0 aliphatic rings. The molecule has 9 nitrogen and oxygen atoms in total. The Labute approximate surface area is 298 Å². The molecule has 39 heavy (non-hydrogen) atoms. The zero-order valence-electron chi connectivity index (χ0n) is 23.7. The van der Waals surface area contributed by atoms with Gasteiger partial charge < -0.3 is 15.3 Å². The van der Waals surface area contributed by atoms with Gasteiger partial charge in [0.15, 0.2) is 9.84 Å². The van der Waals surface area contributed by atoms with Gasteiger partial charge in [-0.05, 0) is 72.2 Å². The monoisotopic (exact) mass is 847 g/mol. The molecule has 2 aromatic carbocycles. The van der Waals surface area contributed by atoms with E-state index < -0.39 is 32.2 Å². The minimum Gasteiger partial charge on any atom is 0 e. The molecule has 217 valence electrons. The van der Waals surface area contributed by atoms with Gasteiger partial charge in [0.1, 0.15) is 0 Å². The number of benzene rings is 2. The number of aryl methyl sites for hydroxylation is 2. The average Bonchev–Trinajstić information content (AvgIpc) is 2.74. The Morgan fingerprint density at radius 3 is 1.23 bits per heavy atom. The van der Waals surface area contributed by atoms with Crippen molar-refractivity contribution in [2.45, 2.75) is 88.6 Å². The minimum atomic E-state index is -3.73. The van der Waals surface area contributed by atoms with Crippen LogP contribution in [0.2, 0.25) is 0 Å². The number of aliphatic hydroxyl groups is 3. The molecule has 0 fully saturated rings.